The molecule has 13 heavy (non-hydrogen) atoms. The summed E-state index contributed by atoms with van der Waals surface area (Å²) in [6.07, 6.45) is 6.80. The van der Waals surface area contributed by atoms with E-state index in [2.05, 4.69) is 24.5 Å². The number of hydrogen-bond acceptors (Lipinski definition) is 2. The molecule has 2 N–H and O–H groups in total. The van der Waals surface area contributed by atoms with Crippen LogP contribution in [-0.4, -0.2) is 24.2 Å². The number of nitrogens with one attached hydrogen (secondary N) is 2. The molecule has 2 atom stereocenters. The normalized spacial score (nSPS) is 39.2. The molecular formula is C11H22N2. The zero-order valence-corrected chi connectivity index (χ0v) is 8.90. The Labute approximate surface area is 81.5 Å². The lowest BCUT2D eigenvalue weighted by atomic mass is 9.89. The molecule has 1 saturated heterocycles. The molecule has 0 aromatic rings. The van der Waals surface area contributed by atoms with Crippen LogP contribution in [0.25, 0.3) is 0 Å². The summed E-state index contributed by atoms with van der Waals surface area (Å²) >= 11 is 0. The molecule has 0 amide bonds. The minimum Gasteiger partial charge on any atom is -0.312 e. The molecule has 2 fully saturated rings. The van der Waals surface area contributed by atoms with E-state index >= 15 is 0 Å². The Morgan fingerprint density at radius 1 is 1.08 bits per heavy atom. The third-order valence-corrected chi connectivity index (χ3v) is 3.50. The summed E-state index contributed by atoms with van der Waals surface area (Å²) in [4.78, 5) is 0. The molecule has 0 bridgehead atoms. The van der Waals surface area contributed by atoms with Gasteiger partial charge in [0.15, 0.2) is 0 Å². The summed E-state index contributed by atoms with van der Waals surface area (Å²) in [6, 6.07) is 1.47. The highest BCUT2D eigenvalue weighted by Gasteiger charge is 2.32. The van der Waals surface area contributed by atoms with Crippen molar-refractivity contribution >= 4 is 0 Å². The topological polar surface area (TPSA) is 24.1 Å². The Hall–Kier alpha value is -0.0800. The van der Waals surface area contributed by atoms with Crippen LogP contribution in [-0.2, 0) is 0 Å². The second-order valence-electron chi connectivity index (χ2n) is 5.23. The fourth-order valence-corrected chi connectivity index (χ4v) is 2.69. The van der Waals surface area contributed by atoms with Crippen LogP contribution in [0, 0.1) is 0 Å². The molecule has 2 heteroatoms. The predicted octanol–water partition coefficient (Wildman–Crippen LogP) is 1.66. The predicted molar refractivity (Wildman–Crippen MR) is 55.9 cm³/mol. The molecule has 0 aromatic heterocycles. The van der Waals surface area contributed by atoms with Gasteiger partial charge in [0.25, 0.3) is 0 Å². The molecule has 1 saturated carbocycles. The highest BCUT2D eigenvalue weighted by Crippen LogP contribution is 2.24. The Morgan fingerprint density at radius 2 is 1.77 bits per heavy atom. The van der Waals surface area contributed by atoms with Gasteiger partial charge in [-0.05, 0) is 39.7 Å². The van der Waals surface area contributed by atoms with Crippen molar-refractivity contribution in [3.8, 4) is 0 Å². The van der Waals surface area contributed by atoms with E-state index in [0.29, 0.717) is 5.54 Å². The summed E-state index contributed by atoms with van der Waals surface area (Å²) in [6.45, 7) is 5.83. The van der Waals surface area contributed by atoms with Crippen LogP contribution in [0.3, 0.4) is 0 Å². The highest BCUT2D eigenvalue weighted by molar-refractivity contribution is 4.95. The van der Waals surface area contributed by atoms with Crippen LogP contribution in [0.15, 0.2) is 0 Å². The quantitative estimate of drug-likeness (QED) is 0.595. The van der Waals surface area contributed by atoms with Gasteiger partial charge >= 0.3 is 0 Å². The van der Waals surface area contributed by atoms with Gasteiger partial charge in [0.2, 0.25) is 0 Å². The first-order valence-electron chi connectivity index (χ1n) is 5.68. The average Bonchev–Trinajstić information content (AvgIpc) is 2.21. The van der Waals surface area contributed by atoms with Gasteiger partial charge in [-0.2, -0.15) is 0 Å². The summed E-state index contributed by atoms with van der Waals surface area (Å²) in [7, 11) is 0. The van der Waals surface area contributed by atoms with Crippen LogP contribution >= 0.6 is 0 Å². The van der Waals surface area contributed by atoms with Gasteiger partial charge in [-0.25, -0.2) is 0 Å². The Balaban J connectivity index is 2.03. The van der Waals surface area contributed by atoms with Gasteiger partial charge < -0.3 is 10.6 Å². The van der Waals surface area contributed by atoms with Gasteiger partial charge in [0.1, 0.15) is 0 Å². The highest BCUT2D eigenvalue weighted by atomic mass is 15.1. The molecule has 1 heterocycles. The fourth-order valence-electron chi connectivity index (χ4n) is 2.69. The van der Waals surface area contributed by atoms with Crippen molar-refractivity contribution in [3.05, 3.63) is 0 Å². The van der Waals surface area contributed by atoms with E-state index in [-0.39, 0.29) is 0 Å². The van der Waals surface area contributed by atoms with E-state index in [1.165, 1.54) is 38.6 Å². The average molecular weight is 182 g/mol. The largest absolute Gasteiger partial charge is 0.312 e. The van der Waals surface area contributed by atoms with Gasteiger partial charge in [-0.3, -0.25) is 0 Å². The first-order valence-corrected chi connectivity index (χ1v) is 5.68. The molecule has 1 aliphatic carbocycles. The van der Waals surface area contributed by atoms with Crippen molar-refractivity contribution < 1.29 is 0 Å². The molecule has 0 unspecified atom stereocenters. The van der Waals surface area contributed by atoms with Gasteiger partial charge in [-0.1, -0.05) is 12.8 Å². The Bertz CT molecular complexity index is 177. The molecule has 1 aliphatic heterocycles. The Morgan fingerprint density at radius 3 is 2.54 bits per heavy atom. The standard InChI is InChI=1S/C11H22N2/c1-11(2)7-8-12-9-5-3-4-6-10(9)13-11/h9-10,12-13H,3-8H2,1-2H3/t9-,10+/m0/s1. The van der Waals surface area contributed by atoms with E-state index in [9.17, 15) is 0 Å². The first-order chi connectivity index (χ1) is 6.17. The minimum atomic E-state index is 0.337. The number of rotatable bonds is 0. The lowest BCUT2D eigenvalue weighted by Gasteiger charge is -2.35. The van der Waals surface area contributed by atoms with E-state index in [1.54, 1.807) is 0 Å². The maximum absolute atomic E-state index is 3.79. The van der Waals surface area contributed by atoms with Gasteiger partial charge in [-0.15, -0.1) is 0 Å². The van der Waals surface area contributed by atoms with Crippen LogP contribution in [0.4, 0.5) is 0 Å². The maximum atomic E-state index is 3.79. The third kappa shape index (κ3) is 2.23. The summed E-state index contributed by atoms with van der Waals surface area (Å²) < 4.78 is 0. The van der Waals surface area contributed by atoms with Crippen molar-refractivity contribution in [1.82, 2.24) is 10.6 Å². The van der Waals surface area contributed by atoms with Crippen molar-refractivity contribution in [1.29, 1.82) is 0 Å². The van der Waals surface area contributed by atoms with Crippen molar-refractivity contribution in [2.75, 3.05) is 6.54 Å². The Kier molecular flexibility index (Phi) is 2.61. The van der Waals surface area contributed by atoms with Crippen molar-refractivity contribution in [2.24, 2.45) is 0 Å². The minimum absolute atomic E-state index is 0.337. The molecule has 0 aromatic carbocycles. The SMILES string of the molecule is CC1(C)CCN[C@H]2CCCC[C@H]2N1. The molecule has 2 aliphatic rings. The molecule has 2 nitrogen and oxygen atoms in total. The maximum Gasteiger partial charge on any atom is 0.0226 e. The molecule has 0 radical (unpaired) electrons. The van der Waals surface area contributed by atoms with E-state index in [0.717, 1.165) is 12.1 Å². The van der Waals surface area contributed by atoms with E-state index < -0.39 is 0 Å². The summed E-state index contributed by atoms with van der Waals surface area (Å²) in [5.41, 5.74) is 0.337. The van der Waals surface area contributed by atoms with E-state index in [1.807, 2.05) is 0 Å². The number of fused-ring (bicyclic) bond motifs is 1. The van der Waals surface area contributed by atoms with Crippen LogP contribution < -0.4 is 10.6 Å². The summed E-state index contributed by atoms with van der Waals surface area (Å²) in [5, 5.41) is 7.47. The zero-order valence-electron chi connectivity index (χ0n) is 8.90. The smallest absolute Gasteiger partial charge is 0.0226 e. The third-order valence-electron chi connectivity index (χ3n) is 3.50. The molecule has 2 rings (SSSR count). The molecular weight excluding hydrogens is 160 g/mol. The van der Waals surface area contributed by atoms with Crippen LogP contribution in [0.5, 0.6) is 0 Å². The van der Waals surface area contributed by atoms with Gasteiger partial charge in [0.05, 0.1) is 0 Å². The van der Waals surface area contributed by atoms with Crippen molar-refractivity contribution in [3.63, 3.8) is 0 Å². The van der Waals surface area contributed by atoms with Crippen LogP contribution in [0.2, 0.25) is 0 Å². The second-order valence-corrected chi connectivity index (χ2v) is 5.23. The zero-order chi connectivity index (χ0) is 9.31. The molecule has 0 spiro atoms. The fraction of sp³-hybridized carbons (Fsp3) is 1.00. The monoisotopic (exact) mass is 182 g/mol. The first kappa shape index (κ1) is 9.47. The lowest BCUT2D eigenvalue weighted by molar-refractivity contribution is 0.263. The van der Waals surface area contributed by atoms with Crippen LogP contribution in [0.1, 0.15) is 46.0 Å². The second kappa shape index (κ2) is 3.58. The van der Waals surface area contributed by atoms with Gasteiger partial charge in [0, 0.05) is 17.6 Å². The van der Waals surface area contributed by atoms with E-state index in [4.69, 9.17) is 0 Å². The van der Waals surface area contributed by atoms with Crippen molar-refractivity contribution in [2.45, 2.75) is 63.6 Å². The molecule has 76 valence electrons. The summed E-state index contributed by atoms with van der Waals surface area (Å²) in [5.74, 6) is 0. The lowest BCUT2D eigenvalue weighted by Crippen LogP contribution is -2.52. The number of hydrogen-bond donors (Lipinski definition) is 2.